The van der Waals surface area contributed by atoms with Crippen molar-refractivity contribution < 1.29 is 17.9 Å². The number of nitrogens with one attached hydrogen (secondary N) is 1. The van der Waals surface area contributed by atoms with Crippen LogP contribution in [0, 0.1) is 0 Å². The molecule has 0 bridgehead atoms. The highest BCUT2D eigenvalue weighted by atomic mass is 32.2. The van der Waals surface area contributed by atoms with Gasteiger partial charge in [-0.3, -0.25) is 0 Å². The van der Waals surface area contributed by atoms with Gasteiger partial charge in [0.1, 0.15) is 0 Å². The molecule has 2 aromatic carbocycles. The van der Waals surface area contributed by atoms with Gasteiger partial charge in [-0.1, -0.05) is 30.3 Å². The predicted octanol–water partition coefficient (Wildman–Crippen LogP) is 2.83. The van der Waals surface area contributed by atoms with Crippen molar-refractivity contribution in [2.75, 3.05) is 6.54 Å². The van der Waals surface area contributed by atoms with Crippen molar-refractivity contribution >= 4 is 20.8 Å². The fraction of sp³-hybridized carbons (Fsp3) is 0.176. The molecule has 23 heavy (non-hydrogen) atoms. The number of hydrogen-bond acceptors (Lipinski definition) is 4. The van der Waals surface area contributed by atoms with Gasteiger partial charge in [0.25, 0.3) is 0 Å². The lowest BCUT2D eigenvalue weighted by atomic mass is 10.1. The highest BCUT2D eigenvalue weighted by Crippen LogP contribution is 2.20. The molecule has 0 aliphatic carbocycles. The fourth-order valence-corrected chi connectivity index (χ4v) is 3.46. The topological polar surface area (TPSA) is 79.5 Å². The smallest absolute Gasteiger partial charge is 0.240 e. The van der Waals surface area contributed by atoms with Crippen LogP contribution in [0.25, 0.3) is 10.8 Å². The Kier molecular flexibility index (Phi) is 4.47. The van der Waals surface area contributed by atoms with Crippen molar-refractivity contribution in [3.8, 4) is 0 Å². The molecule has 3 rings (SSSR count). The normalized spacial score (nSPS) is 13.3. The maximum Gasteiger partial charge on any atom is 0.240 e. The van der Waals surface area contributed by atoms with E-state index in [1.165, 1.54) is 12.5 Å². The minimum absolute atomic E-state index is 0.140. The van der Waals surface area contributed by atoms with Crippen molar-refractivity contribution in [3.05, 3.63) is 66.6 Å². The molecular weight excluding hydrogens is 314 g/mol. The van der Waals surface area contributed by atoms with Crippen molar-refractivity contribution in [3.63, 3.8) is 0 Å². The zero-order valence-corrected chi connectivity index (χ0v) is 13.2. The first-order chi connectivity index (χ1) is 11.1. The lowest BCUT2D eigenvalue weighted by Crippen LogP contribution is -2.25. The first kappa shape index (κ1) is 15.7. The predicted molar refractivity (Wildman–Crippen MR) is 87.4 cm³/mol. The van der Waals surface area contributed by atoms with E-state index in [0.717, 1.165) is 10.8 Å². The first-order valence-electron chi connectivity index (χ1n) is 7.25. The number of aliphatic hydroxyl groups is 1. The Labute approximate surface area is 134 Å². The molecule has 6 heteroatoms. The second-order valence-corrected chi connectivity index (χ2v) is 7.03. The van der Waals surface area contributed by atoms with Gasteiger partial charge in [-0.25, -0.2) is 13.1 Å². The van der Waals surface area contributed by atoms with Gasteiger partial charge in [-0.05, 0) is 35.4 Å². The third-order valence-electron chi connectivity index (χ3n) is 3.67. The third-order valence-corrected chi connectivity index (χ3v) is 5.13. The van der Waals surface area contributed by atoms with Gasteiger partial charge in [0, 0.05) is 12.1 Å². The summed E-state index contributed by atoms with van der Waals surface area (Å²) < 4.78 is 32.1. The molecule has 0 aliphatic rings. The van der Waals surface area contributed by atoms with E-state index in [9.17, 15) is 13.5 Å². The monoisotopic (exact) mass is 331 g/mol. The standard InChI is InChI=1S/C17H17NO4S/c19-17(15-8-10-22-12-15)7-9-18-23(20,21)16-6-5-13-3-1-2-4-14(13)11-16/h1-6,8,10-12,17-19H,7,9H2. The van der Waals surface area contributed by atoms with Crippen LogP contribution in [0.2, 0.25) is 0 Å². The number of aliphatic hydroxyl groups excluding tert-OH is 1. The Morgan fingerprint density at radius 2 is 1.87 bits per heavy atom. The number of sulfonamides is 1. The maximum absolute atomic E-state index is 12.3. The molecule has 120 valence electrons. The van der Waals surface area contributed by atoms with Crippen LogP contribution in [0.4, 0.5) is 0 Å². The molecule has 0 fully saturated rings. The molecule has 0 saturated carbocycles. The number of rotatable bonds is 6. The summed E-state index contributed by atoms with van der Waals surface area (Å²) in [4.78, 5) is 0.217. The Morgan fingerprint density at radius 1 is 1.09 bits per heavy atom. The van der Waals surface area contributed by atoms with Crippen molar-refractivity contribution in [2.45, 2.75) is 17.4 Å². The van der Waals surface area contributed by atoms with Crippen LogP contribution in [-0.2, 0) is 10.0 Å². The van der Waals surface area contributed by atoms with Crippen LogP contribution in [-0.4, -0.2) is 20.1 Å². The van der Waals surface area contributed by atoms with E-state index >= 15 is 0 Å². The number of furan rings is 1. The Bertz CT molecular complexity index is 888. The van der Waals surface area contributed by atoms with Crippen molar-refractivity contribution in [1.29, 1.82) is 0 Å². The van der Waals surface area contributed by atoms with E-state index in [4.69, 9.17) is 4.42 Å². The molecule has 2 N–H and O–H groups in total. The van der Waals surface area contributed by atoms with E-state index in [1.54, 1.807) is 24.3 Å². The lowest BCUT2D eigenvalue weighted by Gasteiger charge is -2.10. The summed E-state index contributed by atoms with van der Waals surface area (Å²) in [5, 5.41) is 11.8. The van der Waals surface area contributed by atoms with Gasteiger partial charge in [-0.2, -0.15) is 0 Å². The van der Waals surface area contributed by atoms with Crippen LogP contribution in [0.5, 0.6) is 0 Å². The van der Waals surface area contributed by atoms with Gasteiger partial charge in [0.2, 0.25) is 10.0 Å². The highest BCUT2D eigenvalue weighted by Gasteiger charge is 2.15. The van der Waals surface area contributed by atoms with Crippen LogP contribution >= 0.6 is 0 Å². The summed E-state index contributed by atoms with van der Waals surface area (Å²) in [6.45, 7) is 0.140. The number of benzene rings is 2. The van der Waals surface area contributed by atoms with Gasteiger partial charge in [-0.15, -0.1) is 0 Å². The molecule has 5 nitrogen and oxygen atoms in total. The van der Waals surface area contributed by atoms with E-state index < -0.39 is 16.1 Å². The molecule has 0 spiro atoms. The average Bonchev–Trinajstić information content (AvgIpc) is 3.08. The quantitative estimate of drug-likeness (QED) is 0.728. The Hall–Kier alpha value is -2.15. The molecule has 1 unspecified atom stereocenters. The lowest BCUT2D eigenvalue weighted by molar-refractivity contribution is 0.168. The zero-order valence-electron chi connectivity index (χ0n) is 12.3. The van der Waals surface area contributed by atoms with Crippen LogP contribution in [0.3, 0.4) is 0 Å². The minimum atomic E-state index is -3.60. The van der Waals surface area contributed by atoms with E-state index in [1.807, 2.05) is 24.3 Å². The second-order valence-electron chi connectivity index (χ2n) is 5.27. The van der Waals surface area contributed by atoms with Gasteiger partial charge in [0.15, 0.2) is 0 Å². The largest absolute Gasteiger partial charge is 0.472 e. The zero-order chi connectivity index (χ0) is 16.3. The van der Waals surface area contributed by atoms with Gasteiger partial charge in [0.05, 0.1) is 23.5 Å². The Balaban J connectivity index is 1.68. The average molecular weight is 331 g/mol. The van der Waals surface area contributed by atoms with E-state index in [0.29, 0.717) is 5.56 Å². The van der Waals surface area contributed by atoms with Crippen molar-refractivity contribution in [1.82, 2.24) is 4.72 Å². The maximum atomic E-state index is 12.3. The molecular formula is C17H17NO4S. The summed E-state index contributed by atoms with van der Waals surface area (Å²) in [7, 11) is -3.60. The Morgan fingerprint density at radius 3 is 2.61 bits per heavy atom. The SMILES string of the molecule is O=S(=O)(NCCC(O)c1ccoc1)c1ccc2ccccc2c1. The molecule has 0 aliphatic heterocycles. The molecule has 0 amide bonds. The summed E-state index contributed by atoms with van der Waals surface area (Å²) in [5.41, 5.74) is 0.634. The van der Waals surface area contributed by atoms with Crippen molar-refractivity contribution in [2.24, 2.45) is 0 Å². The summed E-state index contributed by atoms with van der Waals surface area (Å²) >= 11 is 0. The molecule has 1 heterocycles. The summed E-state index contributed by atoms with van der Waals surface area (Å²) in [6.07, 6.45) is 2.43. The summed E-state index contributed by atoms with van der Waals surface area (Å²) in [6, 6.07) is 14.2. The van der Waals surface area contributed by atoms with Gasteiger partial charge < -0.3 is 9.52 Å². The fourth-order valence-electron chi connectivity index (χ4n) is 2.38. The molecule has 0 saturated heterocycles. The van der Waals surface area contributed by atoms with E-state index in [-0.39, 0.29) is 17.9 Å². The number of hydrogen-bond donors (Lipinski definition) is 2. The molecule has 1 aromatic heterocycles. The van der Waals surface area contributed by atoms with Crippen LogP contribution in [0.1, 0.15) is 18.1 Å². The molecule has 0 radical (unpaired) electrons. The van der Waals surface area contributed by atoms with Crippen LogP contribution < -0.4 is 4.72 Å². The third kappa shape index (κ3) is 3.61. The second kappa shape index (κ2) is 6.54. The molecule has 3 aromatic rings. The van der Waals surface area contributed by atoms with Crippen LogP contribution in [0.15, 0.2) is 70.4 Å². The molecule has 1 atom stereocenters. The van der Waals surface area contributed by atoms with E-state index in [2.05, 4.69) is 4.72 Å². The highest BCUT2D eigenvalue weighted by molar-refractivity contribution is 7.89. The minimum Gasteiger partial charge on any atom is -0.472 e. The first-order valence-corrected chi connectivity index (χ1v) is 8.73. The summed E-state index contributed by atoms with van der Waals surface area (Å²) in [5.74, 6) is 0. The number of fused-ring (bicyclic) bond motifs is 1. The van der Waals surface area contributed by atoms with Gasteiger partial charge >= 0.3 is 0 Å².